The van der Waals surface area contributed by atoms with Gasteiger partial charge in [-0.25, -0.2) is 4.39 Å². The van der Waals surface area contributed by atoms with Crippen LogP contribution >= 0.6 is 11.6 Å². The number of aromatic nitrogens is 2. The second kappa shape index (κ2) is 11.9. The molecule has 196 valence electrons. The highest BCUT2D eigenvalue weighted by atomic mass is 35.5. The van der Waals surface area contributed by atoms with Gasteiger partial charge in [-0.3, -0.25) is 9.59 Å². The van der Waals surface area contributed by atoms with E-state index < -0.39 is 11.4 Å². The first-order valence-corrected chi connectivity index (χ1v) is 12.2. The number of halogens is 2. The number of carbonyl (C=O) groups excluding carboxylic acids is 1. The van der Waals surface area contributed by atoms with Crippen molar-refractivity contribution in [1.29, 1.82) is 0 Å². The van der Waals surface area contributed by atoms with Crippen LogP contribution in [0.1, 0.15) is 15.9 Å². The molecule has 1 heterocycles. The molecular formula is C28H27ClFN5O3. The molecule has 0 spiro atoms. The van der Waals surface area contributed by atoms with Gasteiger partial charge in [0.25, 0.3) is 11.5 Å². The average Bonchev–Trinajstić information content (AvgIpc) is 2.88. The van der Waals surface area contributed by atoms with Crippen molar-refractivity contribution in [3.05, 3.63) is 105 Å². The number of likely N-dealkylation sites (N-methyl/N-ethyl adjacent to an activating group) is 1. The van der Waals surface area contributed by atoms with Crippen molar-refractivity contribution in [3.8, 4) is 17.2 Å². The SMILES string of the molecule is Cc1cc(Oc2cnn(-c3cccc(F)c3)c(=O)c2Nc2cccc(C(=O)NCCN(C)C)c2)ccc1Cl. The lowest BCUT2D eigenvalue weighted by molar-refractivity contribution is 0.0951. The van der Waals surface area contributed by atoms with Gasteiger partial charge >= 0.3 is 0 Å². The van der Waals surface area contributed by atoms with E-state index in [0.717, 1.165) is 10.2 Å². The Morgan fingerprint density at radius 2 is 1.89 bits per heavy atom. The number of hydrogen-bond acceptors (Lipinski definition) is 6. The zero-order valence-electron chi connectivity index (χ0n) is 21.2. The maximum atomic E-state index is 13.9. The monoisotopic (exact) mass is 535 g/mol. The number of carbonyl (C=O) groups is 1. The van der Waals surface area contributed by atoms with E-state index in [1.165, 1.54) is 24.4 Å². The largest absolute Gasteiger partial charge is 0.453 e. The van der Waals surface area contributed by atoms with E-state index in [9.17, 15) is 14.0 Å². The van der Waals surface area contributed by atoms with Crippen LogP contribution in [-0.4, -0.2) is 47.8 Å². The molecular weight excluding hydrogens is 509 g/mol. The van der Waals surface area contributed by atoms with Gasteiger partial charge in [-0.1, -0.05) is 23.7 Å². The lowest BCUT2D eigenvalue weighted by atomic mass is 10.2. The van der Waals surface area contributed by atoms with Crippen LogP contribution in [0, 0.1) is 12.7 Å². The first-order valence-electron chi connectivity index (χ1n) is 11.8. The summed E-state index contributed by atoms with van der Waals surface area (Å²) < 4.78 is 21.0. The third-order valence-electron chi connectivity index (χ3n) is 5.59. The molecule has 0 aliphatic rings. The van der Waals surface area contributed by atoms with Gasteiger partial charge in [-0.2, -0.15) is 9.78 Å². The lowest BCUT2D eigenvalue weighted by Gasteiger charge is -2.15. The number of rotatable bonds is 9. The fraction of sp³-hybridized carbons (Fsp3) is 0.179. The van der Waals surface area contributed by atoms with Crippen LogP contribution in [0.5, 0.6) is 11.5 Å². The third-order valence-corrected chi connectivity index (χ3v) is 6.02. The van der Waals surface area contributed by atoms with Gasteiger partial charge in [0.05, 0.1) is 11.9 Å². The van der Waals surface area contributed by atoms with Gasteiger partial charge in [-0.15, -0.1) is 0 Å². The molecule has 0 unspecified atom stereocenters. The number of nitrogens with zero attached hydrogens (tertiary/aromatic N) is 3. The summed E-state index contributed by atoms with van der Waals surface area (Å²) in [5, 5.41) is 10.7. The summed E-state index contributed by atoms with van der Waals surface area (Å²) in [5.74, 6) is -0.148. The van der Waals surface area contributed by atoms with Gasteiger partial charge < -0.3 is 20.3 Å². The van der Waals surface area contributed by atoms with E-state index in [2.05, 4.69) is 15.7 Å². The minimum Gasteiger partial charge on any atom is -0.453 e. The van der Waals surface area contributed by atoms with Crippen molar-refractivity contribution in [1.82, 2.24) is 20.0 Å². The summed E-state index contributed by atoms with van der Waals surface area (Å²) in [5.41, 5.74) is 1.44. The third kappa shape index (κ3) is 6.56. The summed E-state index contributed by atoms with van der Waals surface area (Å²) >= 11 is 6.14. The van der Waals surface area contributed by atoms with Gasteiger partial charge in [0.2, 0.25) is 0 Å². The van der Waals surface area contributed by atoms with Crippen molar-refractivity contribution in [3.63, 3.8) is 0 Å². The van der Waals surface area contributed by atoms with Crippen LogP contribution in [0.25, 0.3) is 5.69 Å². The van der Waals surface area contributed by atoms with Crippen molar-refractivity contribution in [2.24, 2.45) is 0 Å². The van der Waals surface area contributed by atoms with Crippen molar-refractivity contribution in [2.45, 2.75) is 6.92 Å². The number of hydrogen-bond donors (Lipinski definition) is 2. The molecule has 0 aliphatic heterocycles. The topological polar surface area (TPSA) is 88.5 Å². The van der Waals surface area contributed by atoms with Crippen LogP contribution < -0.4 is 20.9 Å². The predicted octanol–water partition coefficient (Wildman–Crippen LogP) is 5.16. The van der Waals surface area contributed by atoms with Crippen molar-refractivity contribution >= 4 is 28.9 Å². The Balaban J connectivity index is 1.71. The molecule has 38 heavy (non-hydrogen) atoms. The second-order valence-corrected chi connectivity index (χ2v) is 9.27. The zero-order valence-corrected chi connectivity index (χ0v) is 21.9. The molecule has 0 saturated carbocycles. The highest BCUT2D eigenvalue weighted by Gasteiger charge is 2.17. The van der Waals surface area contributed by atoms with Gasteiger partial charge in [0, 0.05) is 29.4 Å². The molecule has 4 rings (SSSR count). The van der Waals surface area contributed by atoms with Crippen LogP contribution in [0.2, 0.25) is 5.02 Å². The van der Waals surface area contributed by atoms with E-state index in [1.54, 1.807) is 48.5 Å². The Labute approximate surface area is 224 Å². The number of anilines is 2. The molecule has 2 N–H and O–H groups in total. The fourth-order valence-corrected chi connectivity index (χ4v) is 3.73. The van der Waals surface area contributed by atoms with Crippen LogP contribution in [0.15, 0.2) is 77.7 Å². The number of aryl methyl sites for hydroxylation is 1. The Bertz CT molecular complexity index is 1520. The summed E-state index contributed by atoms with van der Waals surface area (Å²) in [4.78, 5) is 28.2. The maximum absolute atomic E-state index is 13.9. The van der Waals surface area contributed by atoms with Crippen molar-refractivity contribution in [2.75, 3.05) is 32.5 Å². The molecule has 4 aromatic rings. The van der Waals surface area contributed by atoms with Gasteiger partial charge in [-0.05, 0) is 81.2 Å². The predicted molar refractivity (Wildman–Crippen MR) is 147 cm³/mol. The molecule has 0 aliphatic carbocycles. The molecule has 3 aromatic carbocycles. The van der Waals surface area contributed by atoms with E-state index in [-0.39, 0.29) is 23.0 Å². The standard InChI is InChI=1S/C28H27ClFN5O3/c1-18-14-23(10-11-24(18)29)38-25-17-32-35(22-9-5-7-20(30)16-22)28(37)26(25)33-21-8-4-6-19(15-21)27(36)31-12-13-34(2)3/h4-11,14-17,33H,12-13H2,1-3H3,(H,31,36). The summed E-state index contributed by atoms with van der Waals surface area (Å²) in [7, 11) is 3.85. The molecule has 1 aromatic heterocycles. The Morgan fingerprint density at radius 3 is 2.63 bits per heavy atom. The highest BCUT2D eigenvalue weighted by molar-refractivity contribution is 6.31. The fourth-order valence-electron chi connectivity index (χ4n) is 3.61. The summed E-state index contributed by atoms with van der Waals surface area (Å²) in [6, 6.07) is 17.4. The van der Waals surface area contributed by atoms with E-state index >= 15 is 0 Å². The molecule has 8 nitrogen and oxygen atoms in total. The smallest absolute Gasteiger partial charge is 0.299 e. The summed E-state index contributed by atoms with van der Waals surface area (Å²) in [6.45, 7) is 3.03. The zero-order chi connectivity index (χ0) is 27.2. The quantitative estimate of drug-likeness (QED) is 0.308. The number of benzene rings is 3. The molecule has 0 atom stereocenters. The van der Waals surface area contributed by atoms with Gasteiger partial charge in [0.1, 0.15) is 11.6 Å². The van der Waals surface area contributed by atoms with E-state index in [4.69, 9.17) is 16.3 Å². The normalized spacial score (nSPS) is 10.9. The molecule has 0 radical (unpaired) electrons. The molecule has 0 bridgehead atoms. The Morgan fingerprint density at radius 1 is 1.11 bits per heavy atom. The average molecular weight is 536 g/mol. The molecule has 10 heteroatoms. The Hall–Kier alpha value is -4.21. The Kier molecular flexibility index (Phi) is 8.40. The minimum absolute atomic E-state index is 0.0574. The van der Waals surface area contributed by atoms with Crippen LogP contribution in [0.4, 0.5) is 15.8 Å². The van der Waals surface area contributed by atoms with E-state index in [0.29, 0.717) is 35.1 Å². The molecule has 0 fully saturated rings. The first kappa shape index (κ1) is 26.8. The molecule has 1 amide bonds. The minimum atomic E-state index is -0.570. The number of ether oxygens (including phenoxy) is 1. The number of nitrogens with one attached hydrogen (secondary N) is 2. The van der Waals surface area contributed by atoms with Crippen LogP contribution in [0.3, 0.4) is 0 Å². The second-order valence-electron chi connectivity index (χ2n) is 8.86. The van der Waals surface area contributed by atoms with Crippen LogP contribution in [-0.2, 0) is 0 Å². The molecule has 0 saturated heterocycles. The van der Waals surface area contributed by atoms with Crippen molar-refractivity contribution < 1.29 is 13.9 Å². The highest BCUT2D eigenvalue weighted by Crippen LogP contribution is 2.31. The first-order chi connectivity index (χ1) is 18.2. The van der Waals surface area contributed by atoms with E-state index in [1.807, 2.05) is 25.9 Å². The lowest BCUT2D eigenvalue weighted by Crippen LogP contribution is -2.31. The maximum Gasteiger partial charge on any atom is 0.299 e. The van der Waals surface area contributed by atoms with Gasteiger partial charge in [0.15, 0.2) is 11.4 Å². The summed E-state index contributed by atoms with van der Waals surface area (Å²) in [6.07, 6.45) is 1.37. The number of amides is 1.